The maximum absolute atomic E-state index is 11.8. The summed E-state index contributed by atoms with van der Waals surface area (Å²) in [6.07, 6.45) is 6.01. The Morgan fingerprint density at radius 1 is 1.21 bits per heavy atom. The maximum Gasteiger partial charge on any atom is 0.175 e. The van der Waals surface area contributed by atoms with Gasteiger partial charge in [-0.1, -0.05) is 12.1 Å². The lowest BCUT2D eigenvalue weighted by molar-refractivity contribution is 0.0626. The molecule has 1 atom stereocenters. The van der Waals surface area contributed by atoms with E-state index in [2.05, 4.69) is 16.0 Å². The van der Waals surface area contributed by atoms with Gasteiger partial charge >= 0.3 is 0 Å². The van der Waals surface area contributed by atoms with Gasteiger partial charge in [-0.25, -0.2) is 13.4 Å². The molecule has 1 N–H and O–H groups in total. The van der Waals surface area contributed by atoms with Crippen LogP contribution in [0.2, 0.25) is 0 Å². The molecule has 6 nitrogen and oxygen atoms in total. The lowest BCUT2D eigenvalue weighted by Gasteiger charge is -2.26. The van der Waals surface area contributed by atoms with Gasteiger partial charge in [0.2, 0.25) is 0 Å². The third kappa shape index (κ3) is 4.46. The Morgan fingerprint density at radius 3 is 2.59 bits per heavy atom. The summed E-state index contributed by atoms with van der Waals surface area (Å²) < 4.78 is 34.5. The van der Waals surface area contributed by atoms with Gasteiger partial charge in [-0.15, -0.1) is 0 Å². The van der Waals surface area contributed by atoms with Gasteiger partial charge in [0.1, 0.15) is 11.4 Å². The van der Waals surface area contributed by atoms with Crippen LogP contribution in [0, 0.1) is 5.92 Å². The normalized spacial score (nSPS) is 16.8. The largest absolute Gasteiger partial charge is 0.495 e. The van der Waals surface area contributed by atoms with Crippen molar-refractivity contribution >= 4 is 20.9 Å². The number of hydrogen-bond donors (Lipinski definition) is 1. The molecule has 3 heterocycles. The van der Waals surface area contributed by atoms with Crippen LogP contribution >= 0.6 is 0 Å². The molecule has 0 bridgehead atoms. The van der Waals surface area contributed by atoms with E-state index in [1.54, 1.807) is 25.4 Å². The smallest absolute Gasteiger partial charge is 0.175 e. The highest BCUT2D eigenvalue weighted by Gasteiger charge is 2.24. The van der Waals surface area contributed by atoms with Crippen molar-refractivity contribution in [1.82, 2.24) is 9.97 Å². The van der Waals surface area contributed by atoms with Gasteiger partial charge in [-0.05, 0) is 55.0 Å². The third-order valence-corrected chi connectivity index (χ3v) is 6.83. The van der Waals surface area contributed by atoms with Gasteiger partial charge in [0.15, 0.2) is 9.84 Å². The molecular formula is C22H26N2O4S. The molecular weight excluding hydrogens is 388 g/mol. The van der Waals surface area contributed by atoms with E-state index < -0.39 is 9.84 Å². The zero-order chi connectivity index (χ0) is 20.4. The minimum atomic E-state index is -3.21. The van der Waals surface area contributed by atoms with Crippen LogP contribution in [0.1, 0.15) is 36.4 Å². The minimum absolute atomic E-state index is 0.131. The van der Waals surface area contributed by atoms with Crippen molar-refractivity contribution in [3.05, 3.63) is 53.9 Å². The molecule has 1 aliphatic rings. The molecule has 0 spiro atoms. The number of methoxy groups -OCH3 is 1. The molecule has 1 saturated heterocycles. The average Bonchev–Trinajstić information content (AvgIpc) is 3.15. The van der Waals surface area contributed by atoms with E-state index in [-0.39, 0.29) is 5.92 Å². The zero-order valence-corrected chi connectivity index (χ0v) is 17.5. The Bertz CT molecular complexity index is 1080. The fraction of sp³-hybridized carbons (Fsp3) is 0.409. The number of fused-ring (bicyclic) bond motifs is 1. The number of nitrogens with one attached hydrogen (secondary N) is 1. The summed E-state index contributed by atoms with van der Waals surface area (Å²) in [5.41, 5.74) is 3.01. The second-order valence-electron chi connectivity index (χ2n) is 7.72. The van der Waals surface area contributed by atoms with Crippen molar-refractivity contribution in [1.29, 1.82) is 0 Å². The van der Waals surface area contributed by atoms with Crippen LogP contribution in [0.15, 0.2) is 47.5 Å². The Labute approximate surface area is 171 Å². The number of rotatable bonds is 6. The second kappa shape index (κ2) is 8.16. The second-order valence-corrected chi connectivity index (χ2v) is 9.74. The highest BCUT2D eigenvalue weighted by Crippen LogP contribution is 2.36. The lowest BCUT2D eigenvalue weighted by Crippen LogP contribution is -2.18. The number of hydrogen-bond acceptors (Lipinski definition) is 5. The lowest BCUT2D eigenvalue weighted by atomic mass is 9.83. The predicted molar refractivity (Wildman–Crippen MR) is 112 cm³/mol. The molecule has 7 heteroatoms. The van der Waals surface area contributed by atoms with E-state index >= 15 is 0 Å². The van der Waals surface area contributed by atoms with E-state index in [0.29, 0.717) is 10.8 Å². The van der Waals surface area contributed by atoms with Gasteiger partial charge in [-0.2, -0.15) is 0 Å². The van der Waals surface area contributed by atoms with Crippen molar-refractivity contribution in [3.8, 4) is 5.75 Å². The zero-order valence-electron chi connectivity index (χ0n) is 16.7. The van der Waals surface area contributed by atoms with Crippen molar-refractivity contribution in [3.63, 3.8) is 0 Å². The van der Waals surface area contributed by atoms with Gasteiger partial charge in [0.25, 0.3) is 0 Å². The van der Waals surface area contributed by atoms with E-state index in [9.17, 15) is 8.42 Å². The van der Waals surface area contributed by atoms with E-state index in [1.807, 2.05) is 18.2 Å². The van der Waals surface area contributed by atoms with Gasteiger partial charge in [-0.3, -0.25) is 0 Å². The summed E-state index contributed by atoms with van der Waals surface area (Å²) in [5, 5.41) is 1.00. The molecule has 154 valence electrons. The monoisotopic (exact) mass is 414 g/mol. The van der Waals surface area contributed by atoms with Crippen LogP contribution in [0.5, 0.6) is 5.75 Å². The number of pyridine rings is 1. The van der Waals surface area contributed by atoms with E-state index in [0.717, 1.165) is 60.5 Å². The van der Waals surface area contributed by atoms with Crippen molar-refractivity contribution in [2.45, 2.75) is 30.1 Å². The molecule has 0 saturated carbocycles. The van der Waals surface area contributed by atoms with Crippen LogP contribution in [-0.4, -0.2) is 45.0 Å². The highest BCUT2D eigenvalue weighted by molar-refractivity contribution is 7.90. The summed E-state index contributed by atoms with van der Waals surface area (Å²) in [6, 6.07) is 11.4. The Hall–Kier alpha value is -2.38. The molecule has 3 aromatic rings. The quantitative estimate of drug-likeness (QED) is 0.661. The third-order valence-electron chi connectivity index (χ3n) is 5.70. The molecule has 0 radical (unpaired) electrons. The molecule has 0 unspecified atom stereocenters. The average molecular weight is 415 g/mol. The van der Waals surface area contributed by atoms with Crippen LogP contribution in [0.3, 0.4) is 0 Å². The number of ether oxygens (including phenoxy) is 2. The fourth-order valence-corrected chi connectivity index (χ4v) is 4.65. The Balaban J connectivity index is 1.71. The first-order valence-corrected chi connectivity index (χ1v) is 11.7. The SMILES string of the molecule is COc1cnc2[nH]c([C@H](CC3CCOCC3)c3ccc(S(C)(=O)=O)cc3)cc2c1. The van der Waals surface area contributed by atoms with Gasteiger partial charge < -0.3 is 14.5 Å². The molecule has 1 aromatic carbocycles. The van der Waals surface area contributed by atoms with E-state index in [1.165, 1.54) is 6.26 Å². The number of H-pyrrole nitrogens is 1. The number of nitrogens with zero attached hydrogens (tertiary/aromatic N) is 1. The van der Waals surface area contributed by atoms with Crippen LogP contribution in [0.25, 0.3) is 11.0 Å². The summed E-state index contributed by atoms with van der Waals surface area (Å²) in [4.78, 5) is 8.27. The molecule has 2 aromatic heterocycles. The summed E-state index contributed by atoms with van der Waals surface area (Å²) in [6.45, 7) is 1.60. The molecule has 0 aliphatic carbocycles. The number of sulfone groups is 1. The highest BCUT2D eigenvalue weighted by atomic mass is 32.2. The molecule has 1 fully saturated rings. The fourth-order valence-electron chi connectivity index (χ4n) is 4.02. The van der Waals surface area contributed by atoms with Crippen LogP contribution in [0.4, 0.5) is 0 Å². The first-order valence-electron chi connectivity index (χ1n) is 9.84. The maximum atomic E-state index is 11.8. The summed E-state index contributed by atoms with van der Waals surface area (Å²) in [5.74, 6) is 1.42. The molecule has 1 aliphatic heterocycles. The van der Waals surface area contributed by atoms with Gasteiger partial charge in [0.05, 0.1) is 18.2 Å². The molecule has 0 amide bonds. The number of benzene rings is 1. The first kappa shape index (κ1) is 19.9. The molecule has 29 heavy (non-hydrogen) atoms. The number of aromatic amines is 1. The molecule has 4 rings (SSSR count). The van der Waals surface area contributed by atoms with Crippen molar-refractivity contribution < 1.29 is 17.9 Å². The summed E-state index contributed by atoms with van der Waals surface area (Å²) in [7, 11) is -1.58. The topological polar surface area (TPSA) is 81.3 Å². The van der Waals surface area contributed by atoms with Crippen molar-refractivity contribution in [2.24, 2.45) is 5.92 Å². The first-order chi connectivity index (χ1) is 13.9. The van der Waals surface area contributed by atoms with Crippen LogP contribution in [-0.2, 0) is 14.6 Å². The van der Waals surface area contributed by atoms with Gasteiger partial charge in [0, 0.05) is 36.5 Å². The predicted octanol–water partition coefficient (Wildman–Crippen LogP) is 3.92. The van der Waals surface area contributed by atoms with Crippen LogP contribution < -0.4 is 4.74 Å². The van der Waals surface area contributed by atoms with Crippen molar-refractivity contribution in [2.75, 3.05) is 26.6 Å². The number of aromatic nitrogens is 2. The summed E-state index contributed by atoms with van der Waals surface area (Å²) >= 11 is 0. The Morgan fingerprint density at radius 2 is 1.93 bits per heavy atom. The Kier molecular flexibility index (Phi) is 5.61. The van der Waals surface area contributed by atoms with E-state index in [4.69, 9.17) is 9.47 Å². The minimum Gasteiger partial charge on any atom is -0.495 e. The standard InChI is InChI=1S/C22H26N2O4S/c1-27-18-12-17-13-21(24-22(17)23-14-18)20(11-15-7-9-28-10-8-15)16-3-5-19(6-4-16)29(2,25)26/h3-6,12-15,20H,7-11H2,1-2H3,(H,23,24)/t20-/m1/s1.